The number of nitrogens with two attached hydrogens (primary N) is 1. The number of hydrogen-bond donors (Lipinski definition) is 1. The molecule has 2 aliphatic heterocycles. The van der Waals surface area contributed by atoms with Gasteiger partial charge in [-0.25, -0.2) is 4.98 Å². The highest BCUT2D eigenvalue weighted by Gasteiger charge is 2.55. The highest BCUT2D eigenvalue weighted by Crippen LogP contribution is 2.44. The third kappa shape index (κ3) is 2.92. The average Bonchev–Trinajstić information content (AvgIpc) is 3.39. The minimum Gasteiger partial charge on any atom is -0.460 e. The molecule has 152 valence electrons. The van der Waals surface area contributed by atoms with Crippen LogP contribution in [0.2, 0.25) is 0 Å². The third-order valence-electron chi connectivity index (χ3n) is 5.80. The molecule has 2 aromatic heterocycles. The molecule has 0 bridgehead atoms. The lowest BCUT2D eigenvalue weighted by Crippen LogP contribution is -2.28. The number of aromatic nitrogens is 4. The van der Waals surface area contributed by atoms with Crippen molar-refractivity contribution in [3.05, 3.63) is 6.33 Å². The molecule has 4 heterocycles. The molecule has 0 amide bonds. The largest absolute Gasteiger partial charge is 0.460 e. The molecule has 0 unspecified atom stereocenters. The second-order valence-electron chi connectivity index (χ2n) is 8.28. The van der Waals surface area contributed by atoms with Crippen molar-refractivity contribution in [3.63, 3.8) is 0 Å². The van der Waals surface area contributed by atoms with E-state index >= 15 is 0 Å². The Morgan fingerprint density at radius 3 is 2.71 bits per heavy atom. The fourth-order valence-electron chi connectivity index (χ4n) is 4.52. The van der Waals surface area contributed by atoms with E-state index in [1.807, 2.05) is 18.4 Å². The zero-order chi connectivity index (χ0) is 19.5. The Kier molecular flexibility index (Phi) is 4.22. The summed E-state index contributed by atoms with van der Waals surface area (Å²) in [5.74, 6) is -0.339. The molecular weight excluding hydrogens is 362 g/mol. The van der Waals surface area contributed by atoms with Gasteiger partial charge >= 0.3 is 6.01 Å². The Balaban J connectivity index is 1.51. The van der Waals surface area contributed by atoms with Crippen LogP contribution in [-0.4, -0.2) is 49.7 Å². The minimum atomic E-state index is -0.647. The highest BCUT2D eigenvalue weighted by atomic mass is 16.8. The van der Waals surface area contributed by atoms with E-state index in [0.717, 1.165) is 19.3 Å². The summed E-state index contributed by atoms with van der Waals surface area (Å²) in [6.45, 7) is 5.93. The van der Waals surface area contributed by atoms with Gasteiger partial charge in [0.2, 0.25) is 0 Å². The molecule has 3 fully saturated rings. The summed E-state index contributed by atoms with van der Waals surface area (Å²) in [7, 11) is 0. The monoisotopic (exact) mass is 389 g/mol. The van der Waals surface area contributed by atoms with E-state index < -0.39 is 12.0 Å². The van der Waals surface area contributed by atoms with Gasteiger partial charge in [0.05, 0.1) is 12.4 Å². The Hall–Kier alpha value is -1.97. The van der Waals surface area contributed by atoms with Crippen molar-refractivity contribution in [1.82, 2.24) is 19.5 Å². The van der Waals surface area contributed by atoms with Gasteiger partial charge < -0.3 is 24.7 Å². The first kappa shape index (κ1) is 18.1. The lowest BCUT2D eigenvalue weighted by atomic mass is 10.1. The molecule has 0 spiro atoms. The summed E-state index contributed by atoms with van der Waals surface area (Å²) < 4.78 is 26.4. The second kappa shape index (κ2) is 6.53. The van der Waals surface area contributed by atoms with Gasteiger partial charge in [0, 0.05) is 0 Å². The van der Waals surface area contributed by atoms with Crippen LogP contribution in [-0.2, 0) is 14.2 Å². The predicted octanol–water partition coefficient (Wildman–Crippen LogP) is 2.56. The number of imidazole rings is 1. The number of nitrogens with zero attached hydrogens (tertiary/aromatic N) is 4. The van der Waals surface area contributed by atoms with Gasteiger partial charge in [0.15, 0.2) is 29.0 Å². The van der Waals surface area contributed by atoms with Crippen LogP contribution >= 0.6 is 0 Å². The van der Waals surface area contributed by atoms with Crippen LogP contribution < -0.4 is 10.5 Å². The van der Waals surface area contributed by atoms with Crippen LogP contribution in [0.4, 0.5) is 5.82 Å². The Morgan fingerprint density at radius 2 is 1.96 bits per heavy atom. The van der Waals surface area contributed by atoms with E-state index in [2.05, 4.69) is 21.9 Å². The zero-order valence-electron chi connectivity index (χ0n) is 16.5. The summed E-state index contributed by atoms with van der Waals surface area (Å²) in [4.78, 5) is 13.3. The van der Waals surface area contributed by atoms with Crippen LogP contribution in [0.25, 0.3) is 11.2 Å². The number of hydrogen-bond acceptors (Lipinski definition) is 8. The maximum absolute atomic E-state index is 6.27. The smallest absolute Gasteiger partial charge is 0.320 e. The lowest BCUT2D eigenvalue weighted by molar-refractivity contribution is -0.196. The van der Waals surface area contributed by atoms with Gasteiger partial charge in [-0.15, -0.1) is 0 Å². The molecule has 1 aliphatic carbocycles. The lowest BCUT2D eigenvalue weighted by Gasteiger charge is -2.24. The zero-order valence-corrected chi connectivity index (χ0v) is 16.5. The van der Waals surface area contributed by atoms with Gasteiger partial charge in [-0.05, 0) is 46.0 Å². The summed E-state index contributed by atoms with van der Waals surface area (Å²) >= 11 is 0. The Labute approximate surface area is 163 Å². The van der Waals surface area contributed by atoms with Crippen LogP contribution in [0.3, 0.4) is 0 Å². The summed E-state index contributed by atoms with van der Waals surface area (Å²) in [6, 6.07) is 0.296. The standard InChI is InChI=1S/C19H27N5O4/c1-4-11-13-14(28-19(2,3)27-13)17(26-11)24-9-21-12-15(20)22-18(23-16(12)24)25-10-7-5-6-8-10/h9-11,13-14,17H,4-8H2,1-3H3,(H2,20,22,23)/t11-,13-,14-,17-/m1/s1. The van der Waals surface area contributed by atoms with E-state index in [1.54, 1.807) is 6.33 Å². The predicted molar refractivity (Wildman–Crippen MR) is 101 cm³/mol. The molecule has 28 heavy (non-hydrogen) atoms. The van der Waals surface area contributed by atoms with Gasteiger partial charge in [0.1, 0.15) is 18.3 Å². The number of ether oxygens (including phenoxy) is 4. The molecule has 9 heteroatoms. The van der Waals surface area contributed by atoms with Crippen LogP contribution in [0.5, 0.6) is 6.01 Å². The first-order chi connectivity index (χ1) is 13.4. The number of nitrogen functional groups attached to an aromatic ring is 1. The van der Waals surface area contributed by atoms with Crippen molar-refractivity contribution >= 4 is 17.0 Å². The van der Waals surface area contributed by atoms with Gasteiger partial charge in [-0.3, -0.25) is 4.57 Å². The molecule has 2 N–H and O–H groups in total. The van der Waals surface area contributed by atoms with Gasteiger partial charge in [-0.1, -0.05) is 6.92 Å². The highest BCUT2D eigenvalue weighted by molar-refractivity contribution is 5.82. The normalized spacial score (nSPS) is 32.2. The van der Waals surface area contributed by atoms with E-state index in [9.17, 15) is 0 Å². The van der Waals surface area contributed by atoms with E-state index in [4.69, 9.17) is 24.7 Å². The van der Waals surface area contributed by atoms with Crippen LogP contribution in [0.1, 0.15) is 59.1 Å². The molecule has 5 rings (SSSR count). The fourth-order valence-corrected chi connectivity index (χ4v) is 4.52. The molecular formula is C19H27N5O4. The molecule has 0 radical (unpaired) electrons. The summed E-state index contributed by atoms with van der Waals surface area (Å²) in [5.41, 5.74) is 7.27. The van der Waals surface area contributed by atoms with Crippen molar-refractivity contribution < 1.29 is 18.9 Å². The first-order valence-corrected chi connectivity index (χ1v) is 10.1. The maximum atomic E-state index is 6.27. The fraction of sp³-hybridized carbons (Fsp3) is 0.737. The van der Waals surface area contributed by atoms with Crippen molar-refractivity contribution in [2.45, 2.75) is 89.3 Å². The van der Waals surface area contributed by atoms with Crippen LogP contribution in [0, 0.1) is 0 Å². The Bertz CT molecular complexity index is 879. The first-order valence-electron chi connectivity index (χ1n) is 10.1. The average molecular weight is 389 g/mol. The van der Waals surface area contributed by atoms with Gasteiger partial charge in [-0.2, -0.15) is 9.97 Å². The number of rotatable bonds is 4. The van der Waals surface area contributed by atoms with Crippen LogP contribution in [0.15, 0.2) is 6.33 Å². The summed E-state index contributed by atoms with van der Waals surface area (Å²) in [5, 5.41) is 0. The SMILES string of the molecule is CC[C@H]1O[C@@H](n2cnc3c(N)nc(OC4CCCC4)nc32)[C@@H]2OC(C)(C)O[C@@H]21. The number of anilines is 1. The molecule has 4 atom stereocenters. The molecule has 2 saturated heterocycles. The minimum absolute atomic E-state index is 0.0531. The van der Waals surface area contributed by atoms with E-state index in [1.165, 1.54) is 12.8 Å². The maximum Gasteiger partial charge on any atom is 0.320 e. The topological polar surface area (TPSA) is 107 Å². The quantitative estimate of drug-likeness (QED) is 0.850. The van der Waals surface area contributed by atoms with Crippen molar-refractivity contribution in [2.75, 3.05) is 5.73 Å². The molecule has 0 aromatic carbocycles. The third-order valence-corrected chi connectivity index (χ3v) is 5.80. The van der Waals surface area contributed by atoms with Crippen molar-refractivity contribution in [3.8, 4) is 6.01 Å². The van der Waals surface area contributed by atoms with Gasteiger partial charge in [0.25, 0.3) is 0 Å². The summed E-state index contributed by atoms with van der Waals surface area (Å²) in [6.07, 6.45) is 6.23. The van der Waals surface area contributed by atoms with Crippen molar-refractivity contribution in [1.29, 1.82) is 0 Å². The van der Waals surface area contributed by atoms with E-state index in [-0.39, 0.29) is 24.4 Å². The molecule has 9 nitrogen and oxygen atoms in total. The number of fused-ring (bicyclic) bond motifs is 2. The molecule has 2 aromatic rings. The Morgan fingerprint density at radius 1 is 1.21 bits per heavy atom. The second-order valence-corrected chi connectivity index (χ2v) is 8.28. The van der Waals surface area contributed by atoms with Crippen molar-refractivity contribution in [2.24, 2.45) is 0 Å². The molecule has 3 aliphatic rings. The molecule has 1 saturated carbocycles. The van der Waals surface area contributed by atoms with E-state index in [0.29, 0.717) is 23.0 Å².